The number of fused-ring (bicyclic) bond motifs is 1. The number of likely N-dealkylation sites (tertiary alicyclic amines) is 1. The third kappa shape index (κ3) is 4.04. The molecule has 3 heterocycles. The van der Waals surface area contributed by atoms with E-state index in [-0.39, 0.29) is 5.56 Å². The fourth-order valence-electron chi connectivity index (χ4n) is 3.44. The van der Waals surface area contributed by atoms with Gasteiger partial charge in [-0.25, -0.2) is 9.66 Å². The van der Waals surface area contributed by atoms with Crippen molar-refractivity contribution in [3.63, 3.8) is 0 Å². The zero-order valence-corrected chi connectivity index (χ0v) is 17.5. The maximum absolute atomic E-state index is 12.7. The van der Waals surface area contributed by atoms with Crippen LogP contribution in [0.15, 0.2) is 40.3 Å². The molecule has 2 N–H and O–H groups in total. The van der Waals surface area contributed by atoms with Crippen LogP contribution < -0.4 is 16.1 Å². The summed E-state index contributed by atoms with van der Waals surface area (Å²) in [4.78, 5) is 20.9. The maximum Gasteiger partial charge on any atom is 0.290 e. The minimum absolute atomic E-state index is 0.190. The lowest BCUT2D eigenvalue weighted by Crippen LogP contribution is -2.32. The molecule has 0 unspecified atom stereocenters. The molecule has 1 aliphatic heterocycles. The number of rotatable bonds is 6. The van der Waals surface area contributed by atoms with Gasteiger partial charge in [0.15, 0.2) is 5.16 Å². The Morgan fingerprint density at radius 1 is 1.25 bits per heavy atom. The molecule has 1 fully saturated rings. The predicted octanol–water partition coefficient (Wildman–Crippen LogP) is 3.43. The van der Waals surface area contributed by atoms with Crippen LogP contribution in [0, 0.1) is 0 Å². The summed E-state index contributed by atoms with van der Waals surface area (Å²) in [7, 11) is 1.64. The predicted molar refractivity (Wildman–Crippen MR) is 117 cm³/mol. The molecule has 6 nitrogen and oxygen atoms in total. The third-order valence-electron chi connectivity index (χ3n) is 4.99. The van der Waals surface area contributed by atoms with Crippen LogP contribution >= 0.6 is 23.1 Å². The first-order valence-electron chi connectivity index (χ1n) is 9.47. The van der Waals surface area contributed by atoms with Crippen molar-refractivity contribution in [2.45, 2.75) is 24.4 Å². The number of nitrogens with zero attached hydrogens (tertiary/aromatic N) is 3. The maximum atomic E-state index is 12.7. The van der Waals surface area contributed by atoms with Gasteiger partial charge in [-0.1, -0.05) is 30.3 Å². The minimum atomic E-state index is -0.190. The first-order chi connectivity index (χ1) is 13.7. The van der Waals surface area contributed by atoms with Gasteiger partial charge in [0.1, 0.15) is 10.4 Å². The number of hydrogen-bond acceptors (Lipinski definition) is 7. The van der Waals surface area contributed by atoms with Crippen molar-refractivity contribution in [1.82, 2.24) is 14.6 Å². The molecule has 0 radical (unpaired) electrons. The fraction of sp³-hybridized carbons (Fsp3) is 0.400. The minimum Gasteiger partial charge on any atom is -0.497 e. The average molecular weight is 417 g/mol. The van der Waals surface area contributed by atoms with Crippen LogP contribution in [0.2, 0.25) is 0 Å². The van der Waals surface area contributed by atoms with Gasteiger partial charge in [0, 0.05) is 17.2 Å². The van der Waals surface area contributed by atoms with E-state index < -0.39 is 0 Å². The third-order valence-corrected chi connectivity index (χ3v) is 7.08. The van der Waals surface area contributed by atoms with Crippen LogP contribution in [0.3, 0.4) is 0 Å². The van der Waals surface area contributed by atoms with Crippen molar-refractivity contribution in [1.29, 1.82) is 0 Å². The molecule has 1 aromatic carbocycles. The highest BCUT2D eigenvalue weighted by Gasteiger charge is 2.15. The molecule has 148 valence electrons. The van der Waals surface area contributed by atoms with E-state index in [1.54, 1.807) is 18.9 Å². The molecule has 1 aliphatic rings. The average Bonchev–Trinajstić information content (AvgIpc) is 3.17. The van der Waals surface area contributed by atoms with E-state index in [0.29, 0.717) is 15.4 Å². The molecule has 28 heavy (non-hydrogen) atoms. The van der Waals surface area contributed by atoms with Crippen molar-refractivity contribution >= 4 is 33.3 Å². The summed E-state index contributed by atoms with van der Waals surface area (Å²) in [5.74, 6) is 7.72. The molecule has 3 aromatic rings. The lowest BCUT2D eigenvalue weighted by molar-refractivity contribution is 0.242. The van der Waals surface area contributed by atoms with Crippen LogP contribution in [0.5, 0.6) is 5.75 Å². The standard InChI is InChI=1S/C20H24N4O2S2/c1-26-15-7-5-6-14(12-15)17-13-16-18(28-17)19(25)24(21)20(22-16)27-11-10-23-8-3-2-4-9-23/h5-7,12-13H,2-4,8-11,21H2,1H3. The number of thiophene rings is 1. The summed E-state index contributed by atoms with van der Waals surface area (Å²) in [5, 5.41) is 0.574. The topological polar surface area (TPSA) is 73.4 Å². The summed E-state index contributed by atoms with van der Waals surface area (Å²) >= 11 is 2.97. The van der Waals surface area contributed by atoms with Gasteiger partial charge in [-0.05, 0) is 49.7 Å². The Hall–Kier alpha value is -2.03. The molecule has 0 amide bonds. The van der Waals surface area contributed by atoms with Crippen LogP contribution in [0.1, 0.15) is 19.3 Å². The Morgan fingerprint density at radius 3 is 2.86 bits per heavy atom. The summed E-state index contributed by atoms with van der Waals surface area (Å²) in [6.07, 6.45) is 3.88. The highest BCUT2D eigenvalue weighted by molar-refractivity contribution is 7.99. The largest absolute Gasteiger partial charge is 0.497 e. The molecule has 8 heteroatoms. The van der Waals surface area contributed by atoms with Gasteiger partial charge in [0.2, 0.25) is 0 Å². The normalized spacial score (nSPS) is 15.2. The van der Waals surface area contributed by atoms with Gasteiger partial charge in [0.05, 0.1) is 12.6 Å². The zero-order valence-electron chi connectivity index (χ0n) is 15.9. The number of methoxy groups -OCH3 is 1. The van der Waals surface area contributed by atoms with Gasteiger partial charge < -0.3 is 15.5 Å². The molecule has 0 spiro atoms. The molecule has 2 aromatic heterocycles. The molecule has 0 aliphatic carbocycles. The van der Waals surface area contributed by atoms with Crippen molar-refractivity contribution in [3.8, 4) is 16.2 Å². The van der Waals surface area contributed by atoms with Gasteiger partial charge >= 0.3 is 0 Å². The zero-order chi connectivity index (χ0) is 19.5. The van der Waals surface area contributed by atoms with E-state index in [1.807, 2.05) is 30.3 Å². The van der Waals surface area contributed by atoms with Crippen molar-refractivity contribution in [3.05, 3.63) is 40.7 Å². The molecule has 0 bridgehead atoms. The van der Waals surface area contributed by atoms with E-state index in [9.17, 15) is 4.79 Å². The molecule has 0 saturated carbocycles. The second-order valence-corrected chi connectivity index (χ2v) is 8.99. The molecule has 0 atom stereocenters. The van der Waals surface area contributed by atoms with E-state index in [2.05, 4.69) is 9.88 Å². The Morgan fingerprint density at radius 2 is 2.07 bits per heavy atom. The Bertz CT molecular complexity index is 1020. The van der Waals surface area contributed by atoms with Crippen molar-refractivity contribution in [2.75, 3.05) is 38.3 Å². The molecular formula is C20H24N4O2S2. The number of piperidine rings is 1. The first kappa shape index (κ1) is 19.3. The monoisotopic (exact) mass is 416 g/mol. The summed E-state index contributed by atoms with van der Waals surface area (Å²) in [5.41, 5.74) is 1.52. The number of hydrogen-bond donors (Lipinski definition) is 1. The highest BCUT2D eigenvalue weighted by atomic mass is 32.2. The van der Waals surface area contributed by atoms with Gasteiger partial charge in [-0.3, -0.25) is 4.79 Å². The van der Waals surface area contributed by atoms with Crippen LogP contribution in [0.4, 0.5) is 0 Å². The van der Waals surface area contributed by atoms with Crippen molar-refractivity contribution < 1.29 is 4.74 Å². The number of ether oxygens (including phenoxy) is 1. The lowest BCUT2D eigenvalue weighted by atomic mass is 10.1. The van der Waals surface area contributed by atoms with E-state index in [1.165, 1.54) is 35.3 Å². The number of nitrogen functional groups attached to an aromatic ring is 1. The summed E-state index contributed by atoms with van der Waals surface area (Å²) in [6, 6.07) is 9.77. The lowest BCUT2D eigenvalue weighted by Gasteiger charge is -2.25. The quantitative estimate of drug-likeness (QED) is 0.377. The Labute approximate surface area is 172 Å². The van der Waals surface area contributed by atoms with Crippen LogP contribution in [0.25, 0.3) is 20.7 Å². The van der Waals surface area contributed by atoms with Gasteiger partial charge in [0.25, 0.3) is 5.56 Å². The summed E-state index contributed by atoms with van der Waals surface area (Å²) in [6.45, 7) is 3.32. The van der Waals surface area contributed by atoms with Crippen LogP contribution in [-0.2, 0) is 0 Å². The van der Waals surface area contributed by atoms with Crippen LogP contribution in [-0.4, -0.2) is 47.1 Å². The molecule has 4 rings (SSSR count). The fourth-order valence-corrected chi connectivity index (χ4v) is 5.39. The highest BCUT2D eigenvalue weighted by Crippen LogP contribution is 2.33. The van der Waals surface area contributed by atoms with Gasteiger partial charge in [-0.2, -0.15) is 0 Å². The summed E-state index contributed by atoms with van der Waals surface area (Å²) < 4.78 is 7.08. The molecular weight excluding hydrogens is 392 g/mol. The van der Waals surface area contributed by atoms with E-state index in [4.69, 9.17) is 10.6 Å². The Kier molecular flexibility index (Phi) is 5.89. The second kappa shape index (κ2) is 8.55. The smallest absolute Gasteiger partial charge is 0.290 e. The Balaban J connectivity index is 1.57. The van der Waals surface area contributed by atoms with E-state index >= 15 is 0 Å². The number of nitrogens with two attached hydrogens (primary N) is 1. The molecule has 1 saturated heterocycles. The number of benzene rings is 1. The SMILES string of the molecule is COc1cccc(-c2cc3nc(SCCN4CCCCC4)n(N)c(=O)c3s2)c1. The van der Waals surface area contributed by atoms with Crippen molar-refractivity contribution in [2.24, 2.45) is 0 Å². The number of aromatic nitrogens is 2. The van der Waals surface area contributed by atoms with E-state index in [0.717, 1.165) is 41.6 Å². The second-order valence-electron chi connectivity index (χ2n) is 6.88. The number of thioether (sulfide) groups is 1. The van der Waals surface area contributed by atoms with Gasteiger partial charge in [-0.15, -0.1) is 11.3 Å². The first-order valence-corrected chi connectivity index (χ1v) is 11.3.